The van der Waals surface area contributed by atoms with Gasteiger partial charge in [-0.15, -0.1) is 0 Å². The van der Waals surface area contributed by atoms with Gasteiger partial charge in [-0.2, -0.15) is 0 Å². The number of anilines is 4. The second kappa shape index (κ2) is 59.5. The van der Waals surface area contributed by atoms with Crippen LogP contribution in [-0.2, 0) is 32.5 Å². The van der Waals surface area contributed by atoms with Crippen LogP contribution in [0.4, 0.5) is 22.7 Å². The molecule has 2 aliphatic carbocycles. The summed E-state index contributed by atoms with van der Waals surface area (Å²) in [7, 11) is -10.1. The summed E-state index contributed by atoms with van der Waals surface area (Å²) in [6.07, 6.45) is 9.96. The molecule has 10 aromatic carbocycles. The van der Waals surface area contributed by atoms with Crippen molar-refractivity contribution < 1.29 is 13.3 Å². The standard InChI is InChI=1S/C47H49BN2.C47H52N2.CH4.I43/c1-28-21-39-41-40(22-28)50-43-35(46(8)19-13-14-20-47(46,50)9)23-30(29-15-11-10-12-16-29)24-36(43)48(41)37-27-32(45(5,6)7)26-34-33-25-31(44(2,3)4)17-18-38(33)49(39)42(34)37;1-31-25-36(48-41-21-18-34(44(2,3)4)28-38(41)39-29-35(45(5,6)7)19-22-42(39)48)30-37(26-31)49-43-20-17-33(32-15-11-10-12-16-32)27-40(43)46(8)23-13-14-24-47(46,49)9;;1-23-25(4)27(6)29(8)31(10)33(12)35(14)37(16)39(18)41(20)43(22)42(21)40(19)38(17)36(15)34(13)32(11)30(9)28(7)26(5)24(2)3/h10-12,15-18,21-27H,13-14,19-20H2,1-9H3;10-12,15-22,25-30H,13-14,23-24H2,1-9H3;1H4;/q;;;-1. The molecular weight excluding hydrogens is 6660 g/mol. The van der Waals surface area contributed by atoms with Crippen LogP contribution in [0.15, 0.2) is 188 Å². The summed E-state index contributed by atoms with van der Waals surface area (Å²) < 4.78 is 5.19. The van der Waals surface area contributed by atoms with Crippen molar-refractivity contribution in [1.29, 1.82) is 0 Å². The number of benzene rings is 10. The SMILES string of the molecule is C.Cc1cc(N2c3ccc(-c4ccccc4)cc3C3(C)CCCCC23C)cc(-n2c3ccc(C(C)(C)C)cc3c3cc(C(C)(C)C)ccc32)c1.Cc1cc2c3c(c1)-n1c4ccc(C(C)(C)C)cc4c4cc(C(C)(C)C)cc(c41)B3c1cc(-c3ccccc3)cc3c1N2C1(C)CCCCC31C.I[I-]I(I)I(I)I(I)I(I)I(I)I(I)I(I)I(I)I(I)I(I)I(I)I(I)I(I)I(I)I(I)I(I)I(I)I(I)I(I)I(I)I. The van der Waals surface area contributed by atoms with Gasteiger partial charge in [0.25, 0.3) is 6.71 Å². The van der Waals surface area contributed by atoms with E-state index in [4.69, 9.17) is 0 Å². The monoisotopic (exact) mass is 6770 g/mol. The van der Waals surface area contributed by atoms with Gasteiger partial charge in [-0.3, -0.25) is 0 Å². The van der Waals surface area contributed by atoms with E-state index in [2.05, 4.69) is 741 Å². The van der Waals surface area contributed by atoms with Gasteiger partial charge in [0.1, 0.15) is 0 Å². The Morgan fingerprint density at radius 1 is 0.308 bits per heavy atom. The van der Waals surface area contributed by atoms with E-state index in [0.717, 1.165) is 0 Å². The van der Waals surface area contributed by atoms with Crippen molar-refractivity contribution in [2.24, 2.45) is 0 Å². The van der Waals surface area contributed by atoms with Gasteiger partial charge in [0, 0.05) is 72.0 Å². The summed E-state index contributed by atoms with van der Waals surface area (Å²) in [5, 5.41) is 5.45. The molecule has 810 valence electrons. The minimum absolute atomic E-state index is 0. The quantitative estimate of drug-likeness (QED) is 0.0443. The molecule has 0 amide bonds. The Labute approximate surface area is 1140 Å². The third-order valence-corrected chi connectivity index (χ3v) is 3250. The first-order valence-electron chi connectivity index (χ1n) is 43.4. The maximum atomic E-state index is 3.36. The molecule has 2 saturated carbocycles. The molecule has 4 unspecified atom stereocenters. The van der Waals surface area contributed by atoms with E-state index in [0.29, 0.717) is 13.3 Å². The van der Waals surface area contributed by atoms with E-state index in [1.807, 2.05) is 0 Å². The first-order valence-corrected chi connectivity index (χ1v) is 307. The Balaban J connectivity index is 0.000000162. The molecule has 0 saturated heterocycles. The normalized spacial score (nSPS) is 20.4. The van der Waals surface area contributed by atoms with Crippen LogP contribution in [0.3, 0.4) is 0 Å². The predicted molar refractivity (Wildman–Crippen MR) is 1020 cm³/mol. The maximum absolute atomic E-state index is 3.36. The van der Waals surface area contributed by atoms with Crippen LogP contribution in [0.2, 0.25) is 0 Å². The molecule has 4 nitrogen and oxygen atoms in total. The van der Waals surface area contributed by atoms with Gasteiger partial charge in [-0.05, 0) is 249 Å². The summed E-state index contributed by atoms with van der Waals surface area (Å²) in [5.74, 6) is 0. The van der Waals surface area contributed by atoms with Crippen LogP contribution in [-0.4, -0.2) is 26.9 Å². The molecule has 0 N–H and O–H groups in total. The number of nitrogens with zero attached hydrogens (tertiary/aromatic N) is 4. The minimum atomic E-state index is -0.550. The fourth-order valence-electron chi connectivity index (χ4n) is 20.5. The van der Waals surface area contributed by atoms with Gasteiger partial charge < -0.3 is 18.9 Å². The predicted octanol–water partition coefficient (Wildman–Crippen LogP) is 58.2. The van der Waals surface area contributed by atoms with Crippen LogP contribution < -0.4 is 39.4 Å². The zero-order chi connectivity index (χ0) is 103. The zero-order valence-corrected chi connectivity index (χ0v) is 171. The number of hydrogen-bond donors (Lipinski definition) is 0. The summed E-state index contributed by atoms with van der Waals surface area (Å²) in [5.41, 5.74) is 34.8. The van der Waals surface area contributed by atoms with Crippen molar-refractivity contribution in [1.82, 2.24) is 9.13 Å². The van der Waals surface area contributed by atoms with Crippen molar-refractivity contribution in [2.75, 3.05) is 9.80 Å². The first-order chi connectivity index (χ1) is 66.5. The molecule has 18 rings (SSSR count). The van der Waals surface area contributed by atoms with Crippen LogP contribution in [0.5, 0.6) is 0 Å². The van der Waals surface area contributed by atoms with E-state index in [1.165, 1.54) is 207 Å². The molecule has 2 aromatic heterocycles. The Hall–Kier alpha value is 22.9. The summed E-state index contributed by atoms with van der Waals surface area (Å²) >= 11 is 71.9. The van der Waals surface area contributed by atoms with Gasteiger partial charge in [-0.25, -0.2) is 0 Å². The zero-order valence-electron chi connectivity index (χ0n) is 78.7. The molecule has 0 spiro atoms. The second-order valence-electron chi connectivity index (χ2n) is 39.5. The van der Waals surface area contributed by atoms with E-state index in [-0.39, 0.29) is 65.6 Å². The molecule has 48 heteroatoms. The summed E-state index contributed by atoms with van der Waals surface area (Å²) in [6, 6.07) is 73.6. The summed E-state index contributed by atoms with van der Waals surface area (Å²) in [4.78, 5) is 5.60. The van der Waals surface area contributed by atoms with Gasteiger partial charge in [0.15, 0.2) is 0 Å². The van der Waals surface area contributed by atoms with Crippen molar-refractivity contribution in [3.63, 3.8) is 0 Å². The number of rotatable bonds is 24. The van der Waals surface area contributed by atoms with Crippen LogP contribution >= 0.6 is 567 Å². The van der Waals surface area contributed by atoms with Crippen LogP contribution in [0.25, 0.3) is 77.2 Å². The molecule has 6 aliphatic rings. The third-order valence-electron chi connectivity index (χ3n) is 27.5. The Kier molecular flexibility index (Phi) is 57.9. The molecule has 4 aliphatic heterocycles. The average molecular weight is 6770 g/mol. The van der Waals surface area contributed by atoms with Gasteiger partial charge in [0.2, 0.25) is 0 Å². The van der Waals surface area contributed by atoms with Gasteiger partial charge in [0.05, 0.1) is 27.6 Å². The number of hydrogen-bond acceptors (Lipinski definition) is 2. The molecule has 12 aromatic rings. The number of aryl methyl sites for hydroxylation is 2. The Morgan fingerprint density at radius 2 is 0.671 bits per heavy atom. The number of aromatic nitrogens is 2. The molecular formula is C95H105BI43N4-. The van der Waals surface area contributed by atoms with Crippen molar-refractivity contribution in [3.05, 3.63) is 233 Å². The van der Waals surface area contributed by atoms with Crippen molar-refractivity contribution >= 4 is 657 Å². The van der Waals surface area contributed by atoms with E-state index in [1.54, 1.807) is 5.56 Å². The van der Waals surface area contributed by atoms with Crippen LogP contribution in [0.1, 0.15) is 214 Å². The van der Waals surface area contributed by atoms with Gasteiger partial charge in [-0.1, -0.05) is 227 Å². The van der Waals surface area contributed by atoms with Crippen molar-refractivity contribution in [2.45, 2.75) is 227 Å². The molecule has 4 atom stereocenters. The van der Waals surface area contributed by atoms with Crippen LogP contribution in [0, 0.1) is 13.8 Å². The Morgan fingerprint density at radius 3 is 1.10 bits per heavy atom. The molecule has 0 radical (unpaired) electrons. The third kappa shape index (κ3) is 30.1. The number of halogens is 43. The molecule has 6 heterocycles. The fourth-order valence-corrected chi connectivity index (χ4v) is 7770. The first kappa shape index (κ1) is 139. The average Bonchev–Trinajstić information content (AvgIpc) is 1.49. The van der Waals surface area contributed by atoms with E-state index in [9.17, 15) is 0 Å². The second-order valence-corrected chi connectivity index (χ2v) is 1030. The molecule has 0 bridgehead atoms. The molecule has 143 heavy (non-hydrogen) atoms. The van der Waals surface area contributed by atoms with E-state index >= 15 is 0 Å². The van der Waals surface area contributed by atoms with Gasteiger partial charge >= 0.3 is 581 Å². The Bertz CT molecular complexity index is 6630. The number of fused-ring (bicyclic) bond motifs is 16. The fraction of sp³-hybridized carbons (Fsp3) is 0.368. The van der Waals surface area contributed by atoms with E-state index < -0.39 is 150 Å². The summed E-state index contributed by atoms with van der Waals surface area (Å²) in [6.45, 7) is 43.1. The topological polar surface area (TPSA) is 16.3 Å². The molecule has 2 fully saturated rings. The van der Waals surface area contributed by atoms with Crippen molar-refractivity contribution in [3.8, 4) is 33.6 Å².